The number of hydrogen-bond acceptors (Lipinski definition) is 5. The minimum absolute atomic E-state index is 0.00609. The molecule has 1 aromatic heterocycles. The van der Waals surface area contributed by atoms with Crippen LogP contribution >= 0.6 is 11.3 Å². The minimum atomic E-state index is 0.00609. The summed E-state index contributed by atoms with van der Waals surface area (Å²) in [6.45, 7) is 0.439. The van der Waals surface area contributed by atoms with Gasteiger partial charge in [-0.3, -0.25) is 0 Å². The Morgan fingerprint density at radius 1 is 1.26 bits per heavy atom. The molecule has 2 aromatic rings. The highest BCUT2D eigenvalue weighted by molar-refractivity contribution is 7.15. The van der Waals surface area contributed by atoms with E-state index >= 15 is 0 Å². The van der Waals surface area contributed by atoms with E-state index in [1.807, 2.05) is 26.2 Å². The number of thiazole rings is 1. The van der Waals surface area contributed by atoms with E-state index in [1.165, 1.54) is 11.3 Å². The summed E-state index contributed by atoms with van der Waals surface area (Å²) in [7, 11) is 5.66. The third-order valence-electron chi connectivity index (χ3n) is 2.83. The Kier molecular flexibility index (Phi) is 4.52. The van der Waals surface area contributed by atoms with E-state index in [4.69, 9.17) is 4.74 Å². The van der Waals surface area contributed by atoms with Crippen LogP contribution < -0.4 is 4.90 Å². The molecule has 4 nitrogen and oxygen atoms in total. The molecule has 0 spiro atoms. The first-order chi connectivity index (χ1) is 9.15. The van der Waals surface area contributed by atoms with Gasteiger partial charge in [-0.25, -0.2) is 4.98 Å². The topological polar surface area (TPSA) is 45.6 Å². The van der Waals surface area contributed by atoms with E-state index in [0.717, 1.165) is 26.8 Å². The number of aliphatic hydroxyl groups is 1. The van der Waals surface area contributed by atoms with Gasteiger partial charge in [0, 0.05) is 32.5 Å². The standard InChI is InChI=1S/C14H18N2O2S/c1-16(2)11-6-4-10(5-7-11)14-15-12(9-18-3)13(8-17)19-14/h4-7,17H,8-9H2,1-3H3. The zero-order valence-corrected chi connectivity index (χ0v) is 12.2. The van der Waals surface area contributed by atoms with Crippen molar-refractivity contribution < 1.29 is 9.84 Å². The smallest absolute Gasteiger partial charge is 0.124 e. The first-order valence-corrected chi connectivity index (χ1v) is 6.83. The maximum absolute atomic E-state index is 9.33. The van der Waals surface area contributed by atoms with Crippen molar-refractivity contribution in [2.75, 3.05) is 26.1 Å². The fraction of sp³-hybridized carbons (Fsp3) is 0.357. The third kappa shape index (κ3) is 3.12. The highest BCUT2D eigenvalue weighted by atomic mass is 32.1. The number of aromatic nitrogens is 1. The molecule has 0 aliphatic heterocycles. The molecule has 0 fully saturated rings. The van der Waals surface area contributed by atoms with E-state index in [1.54, 1.807) is 7.11 Å². The molecule has 102 valence electrons. The van der Waals surface area contributed by atoms with Crippen molar-refractivity contribution in [3.05, 3.63) is 34.8 Å². The molecule has 1 N–H and O–H groups in total. The molecule has 2 rings (SSSR count). The average Bonchev–Trinajstić information content (AvgIpc) is 2.82. The molecule has 0 amide bonds. The fourth-order valence-corrected chi connectivity index (χ4v) is 2.71. The van der Waals surface area contributed by atoms with Gasteiger partial charge in [-0.15, -0.1) is 11.3 Å². The van der Waals surface area contributed by atoms with Crippen LogP contribution in [0.5, 0.6) is 0 Å². The van der Waals surface area contributed by atoms with Crippen LogP contribution in [-0.4, -0.2) is 31.3 Å². The first-order valence-electron chi connectivity index (χ1n) is 6.02. The van der Waals surface area contributed by atoms with Gasteiger partial charge in [0.15, 0.2) is 0 Å². The molecule has 1 aromatic carbocycles. The number of rotatable bonds is 5. The Morgan fingerprint density at radius 3 is 2.47 bits per heavy atom. The quantitative estimate of drug-likeness (QED) is 0.913. The number of anilines is 1. The number of benzene rings is 1. The first kappa shape index (κ1) is 14.0. The SMILES string of the molecule is COCc1nc(-c2ccc(N(C)C)cc2)sc1CO. The van der Waals surface area contributed by atoms with E-state index in [-0.39, 0.29) is 6.61 Å². The minimum Gasteiger partial charge on any atom is -0.391 e. The fourth-order valence-electron chi connectivity index (χ4n) is 1.78. The highest BCUT2D eigenvalue weighted by Gasteiger charge is 2.11. The molecule has 0 radical (unpaired) electrons. The second-order valence-electron chi connectivity index (χ2n) is 4.42. The Hall–Kier alpha value is -1.43. The van der Waals surface area contributed by atoms with Crippen LogP contribution in [0, 0.1) is 0 Å². The molecule has 0 unspecified atom stereocenters. The van der Waals surface area contributed by atoms with Gasteiger partial charge in [-0.1, -0.05) is 0 Å². The maximum Gasteiger partial charge on any atom is 0.124 e. The molecule has 0 bridgehead atoms. The number of nitrogens with zero attached hydrogens (tertiary/aromatic N) is 2. The van der Waals surface area contributed by atoms with E-state index in [9.17, 15) is 5.11 Å². The molecule has 19 heavy (non-hydrogen) atoms. The van der Waals surface area contributed by atoms with E-state index in [2.05, 4.69) is 22.0 Å². The van der Waals surface area contributed by atoms with Crippen molar-refractivity contribution in [1.29, 1.82) is 0 Å². The van der Waals surface area contributed by atoms with Gasteiger partial charge >= 0.3 is 0 Å². The number of methoxy groups -OCH3 is 1. The summed E-state index contributed by atoms with van der Waals surface area (Å²) in [5, 5.41) is 10.2. The second kappa shape index (κ2) is 6.14. The van der Waals surface area contributed by atoms with Crippen LogP contribution in [0.4, 0.5) is 5.69 Å². The van der Waals surface area contributed by atoms with Crippen LogP contribution in [0.2, 0.25) is 0 Å². The van der Waals surface area contributed by atoms with Crippen LogP contribution in [0.1, 0.15) is 10.6 Å². The predicted molar refractivity (Wildman–Crippen MR) is 78.5 cm³/mol. The molecule has 0 aliphatic carbocycles. The lowest BCUT2D eigenvalue weighted by Gasteiger charge is -2.11. The summed E-state index contributed by atoms with van der Waals surface area (Å²) >= 11 is 1.51. The lowest BCUT2D eigenvalue weighted by molar-refractivity contribution is 0.179. The van der Waals surface area contributed by atoms with Crippen molar-refractivity contribution in [3.8, 4) is 10.6 Å². The zero-order valence-electron chi connectivity index (χ0n) is 11.4. The van der Waals surface area contributed by atoms with Crippen LogP contribution in [0.25, 0.3) is 10.6 Å². The number of ether oxygens (including phenoxy) is 1. The van der Waals surface area contributed by atoms with Crippen molar-refractivity contribution in [1.82, 2.24) is 4.98 Å². The molecular weight excluding hydrogens is 260 g/mol. The molecule has 0 saturated carbocycles. The summed E-state index contributed by atoms with van der Waals surface area (Å²) in [4.78, 5) is 7.46. The zero-order chi connectivity index (χ0) is 13.8. The summed E-state index contributed by atoms with van der Waals surface area (Å²) in [5.74, 6) is 0. The summed E-state index contributed by atoms with van der Waals surface area (Å²) < 4.78 is 5.10. The van der Waals surface area contributed by atoms with Gasteiger partial charge in [-0.2, -0.15) is 0 Å². The summed E-state index contributed by atoms with van der Waals surface area (Å²) in [6.07, 6.45) is 0. The van der Waals surface area contributed by atoms with Crippen LogP contribution in [0.15, 0.2) is 24.3 Å². The molecule has 5 heteroatoms. The van der Waals surface area contributed by atoms with Gasteiger partial charge in [-0.05, 0) is 24.3 Å². The number of hydrogen-bond donors (Lipinski definition) is 1. The van der Waals surface area contributed by atoms with Crippen LogP contribution in [0.3, 0.4) is 0 Å². The Bertz CT molecular complexity index is 535. The van der Waals surface area contributed by atoms with Crippen molar-refractivity contribution >= 4 is 17.0 Å². The average molecular weight is 278 g/mol. The Labute approximate surface area is 117 Å². The highest BCUT2D eigenvalue weighted by Crippen LogP contribution is 2.29. The molecule has 0 saturated heterocycles. The largest absolute Gasteiger partial charge is 0.391 e. The monoisotopic (exact) mass is 278 g/mol. The van der Waals surface area contributed by atoms with Gasteiger partial charge < -0.3 is 14.7 Å². The summed E-state index contributed by atoms with van der Waals surface area (Å²) in [6, 6.07) is 8.22. The molecule has 1 heterocycles. The summed E-state index contributed by atoms with van der Waals surface area (Å²) in [5.41, 5.74) is 3.04. The maximum atomic E-state index is 9.33. The third-order valence-corrected chi connectivity index (χ3v) is 3.97. The Morgan fingerprint density at radius 2 is 1.95 bits per heavy atom. The predicted octanol–water partition coefficient (Wildman–Crippen LogP) is 2.51. The second-order valence-corrected chi connectivity index (χ2v) is 5.50. The van der Waals surface area contributed by atoms with Gasteiger partial charge in [0.05, 0.1) is 23.8 Å². The number of aliphatic hydroxyl groups excluding tert-OH is 1. The van der Waals surface area contributed by atoms with Gasteiger partial charge in [0.2, 0.25) is 0 Å². The van der Waals surface area contributed by atoms with E-state index < -0.39 is 0 Å². The van der Waals surface area contributed by atoms with Gasteiger partial charge in [0.25, 0.3) is 0 Å². The van der Waals surface area contributed by atoms with Crippen molar-refractivity contribution in [3.63, 3.8) is 0 Å². The van der Waals surface area contributed by atoms with Gasteiger partial charge in [0.1, 0.15) is 5.01 Å². The lowest BCUT2D eigenvalue weighted by atomic mass is 10.2. The molecule has 0 atom stereocenters. The van der Waals surface area contributed by atoms with Crippen LogP contribution in [-0.2, 0) is 18.0 Å². The van der Waals surface area contributed by atoms with Crippen molar-refractivity contribution in [2.45, 2.75) is 13.2 Å². The van der Waals surface area contributed by atoms with E-state index in [0.29, 0.717) is 6.61 Å². The normalized spacial score (nSPS) is 10.7. The lowest BCUT2D eigenvalue weighted by Crippen LogP contribution is -2.07. The molecule has 0 aliphatic rings. The molecular formula is C14H18N2O2S. The Balaban J connectivity index is 2.30. The van der Waals surface area contributed by atoms with Crippen molar-refractivity contribution in [2.24, 2.45) is 0 Å².